The fourth-order valence-electron chi connectivity index (χ4n) is 2.80. The van der Waals surface area contributed by atoms with Crippen LogP contribution in [-0.2, 0) is 18.3 Å². The van der Waals surface area contributed by atoms with Gasteiger partial charge in [-0.3, -0.25) is 4.90 Å². The smallest absolute Gasteiger partial charge is 0.192 e. The lowest BCUT2D eigenvalue weighted by molar-refractivity contribution is 0.202. The number of nitrogens with one attached hydrogen (secondary N) is 2. The Hall–Kier alpha value is -1.20. The summed E-state index contributed by atoms with van der Waals surface area (Å²) in [6.45, 7) is 10.7. The second-order valence-electron chi connectivity index (χ2n) is 6.31. The zero-order valence-electron chi connectivity index (χ0n) is 16.1. The van der Waals surface area contributed by atoms with E-state index in [0.717, 1.165) is 56.6 Å². The van der Waals surface area contributed by atoms with Gasteiger partial charge in [0, 0.05) is 46.4 Å². The van der Waals surface area contributed by atoms with Gasteiger partial charge < -0.3 is 19.9 Å². The van der Waals surface area contributed by atoms with Crippen LogP contribution in [0.15, 0.2) is 17.6 Å². The third kappa shape index (κ3) is 7.20. The summed E-state index contributed by atoms with van der Waals surface area (Å²) in [6.07, 6.45) is 4.17. The Morgan fingerprint density at radius 1 is 1.38 bits per heavy atom. The molecule has 2 heterocycles. The first-order chi connectivity index (χ1) is 12.1. The van der Waals surface area contributed by atoms with E-state index in [1.807, 2.05) is 24.6 Å². The molecule has 0 aromatic carbocycles. The van der Waals surface area contributed by atoms with Gasteiger partial charge in [0.15, 0.2) is 11.8 Å². The summed E-state index contributed by atoms with van der Waals surface area (Å²) in [5.41, 5.74) is 0. The molecule has 0 saturated carbocycles. The topological polar surface area (TPSA) is 79.6 Å². The van der Waals surface area contributed by atoms with Gasteiger partial charge in [0.2, 0.25) is 0 Å². The Labute approximate surface area is 173 Å². The number of rotatable bonds is 8. The summed E-state index contributed by atoms with van der Waals surface area (Å²) >= 11 is 0. The minimum Gasteiger partial charge on any atom is -0.383 e. The molecule has 0 bridgehead atoms. The van der Waals surface area contributed by atoms with Gasteiger partial charge in [-0.2, -0.15) is 0 Å². The van der Waals surface area contributed by atoms with E-state index in [9.17, 15) is 0 Å². The van der Waals surface area contributed by atoms with E-state index in [4.69, 9.17) is 4.74 Å². The lowest BCUT2D eigenvalue weighted by Crippen LogP contribution is -2.49. The van der Waals surface area contributed by atoms with Crippen molar-refractivity contribution in [1.82, 2.24) is 30.3 Å². The summed E-state index contributed by atoms with van der Waals surface area (Å²) in [4.78, 5) is 7.09. The van der Waals surface area contributed by atoms with Crippen molar-refractivity contribution in [2.24, 2.45) is 12.0 Å². The molecule has 1 saturated heterocycles. The van der Waals surface area contributed by atoms with Gasteiger partial charge in [0.1, 0.15) is 12.4 Å². The Balaban J connectivity index is 0.00000338. The predicted molar refractivity (Wildman–Crippen MR) is 115 cm³/mol. The van der Waals surface area contributed by atoms with Gasteiger partial charge >= 0.3 is 0 Å². The Morgan fingerprint density at radius 2 is 2.12 bits per heavy atom. The number of methoxy groups -OCH3 is 1. The number of nitrogens with zero attached hydrogens (tertiary/aromatic N) is 5. The zero-order chi connectivity index (χ0) is 18.1. The van der Waals surface area contributed by atoms with Crippen LogP contribution in [-0.4, -0.2) is 71.6 Å². The van der Waals surface area contributed by atoms with Crippen LogP contribution in [0.1, 0.15) is 24.5 Å². The third-order valence-electron chi connectivity index (χ3n) is 4.48. The fraction of sp³-hybridized carbons (Fsp3) is 0.706. The second kappa shape index (κ2) is 12.2. The maximum Gasteiger partial charge on any atom is 0.192 e. The molecule has 26 heavy (non-hydrogen) atoms. The van der Waals surface area contributed by atoms with Crippen molar-refractivity contribution in [3.05, 3.63) is 24.3 Å². The Bertz CT molecular complexity index is 567. The molecule has 0 radical (unpaired) electrons. The van der Waals surface area contributed by atoms with E-state index in [1.54, 1.807) is 7.11 Å². The van der Waals surface area contributed by atoms with Crippen molar-refractivity contribution in [2.75, 3.05) is 39.9 Å². The maximum absolute atomic E-state index is 5.12. The lowest BCUT2D eigenvalue weighted by Gasteiger charge is -2.32. The molecule has 1 fully saturated rings. The lowest BCUT2D eigenvalue weighted by atomic mass is 10.1. The number of aliphatic imine (C=N–C) groups is 1. The van der Waals surface area contributed by atoms with Crippen molar-refractivity contribution < 1.29 is 4.74 Å². The molecular formula is C17H32IN7O. The molecule has 2 rings (SSSR count). The molecule has 8 nitrogen and oxygen atoms in total. The van der Waals surface area contributed by atoms with E-state index >= 15 is 0 Å². The molecule has 148 valence electrons. The summed E-state index contributed by atoms with van der Waals surface area (Å²) in [6, 6.07) is 0.427. The first kappa shape index (κ1) is 22.8. The summed E-state index contributed by atoms with van der Waals surface area (Å²) in [5.74, 6) is 2.55. The molecule has 0 aliphatic carbocycles. The van der Waals surface area contributed by atoms with Crippen molar-refractivity contribution in [1.29, 1.82) is 0 Å². The van der Waals surface area contributed by atoms with Crippen LogP contribution in [0.4, 0.5) is 0 Å². The van der Waals surface area contributed by atoms with Gasteiger partial charge in [0.25, 0.3) is 0 Å². The highest BCUT2D eigenvalue weighted by Gasteiger charge is 2.19. The van der Waals surface area contributed by atoms with E-state index in [-0.39, 0.29) is 24.0 Å². The largest absolute Gasteiger partial charge is 0.383 e. The maximum atomic E-state index is 5.12. The Morgan fingerprint density at radius 3 is 2.69 bits per heavy atom. The number of aryl methyl sites for hydroxylation is 1. The van der Waals surface area contributed by atoms with Crippen LogP contribution < -0.4 is 10.6 Å². The van der Waals surface area contributed by atoms with Crippen LogP contribution in [0.2, 0.25) is 0 Å². The van der Waals surface area contributed by atoms with E-state index in [0.29, 0.717) is 19.2 Å². The average Bonchev–Trinajstić information content (AvgIpc) is 2.93. The molecule has 2 N–H and O–H groups in total. The van der Waals surface area contributed by atoms with Gasteiger partial charge in [-0.25, -0.2) is 4.99 Å². The number of ether oxygens (including phenoxy) is 1. The quantitative estimate of drug-likeness (QED) is 0.192. The van der Waals surface area contributed by atoms with Crippen molar-refractivity contribution >= 4 is 29.9 Å². The Kier molecular flexibility index (Phi) is 10.7. The third-order valence-corrected chi connectivity index (χ3v) is 4.48. The zero-order valence-corrected chi connectivity index (χ0v) is 18.4. The number of guanidine groups is 1. The predicted octanol–water partition coefficient (Wildman–Crippen LogP) is 1.07. The minimum atomic E-state index is 0. The van der Waals surface area contributed by atoms with Crippen molar-refractivity contribution in [3.63, 3.8) is 0 Å². The van der Waals surface area contributed by atoms with Gasteiger partial charge in [-0.1, -0.05) is 6.08 Å². The van der Waals surface area contributed by atoms with Crippen LogP contribution in [0.5, 0.6) is 0 Å². The summed E-state index contributed by atoms with van der Waals surface area (Å²) in [7, 11) is 3.66. The molecule has 1 aromatic rings. The summed E-state index contributed by atoms with van der Waals surface area (Å²) < 4.78 is 7.08. The van der Waals surface area contributed by atoms with E-state index in [2.05, 4.69) is 37.3 Å². The average molecular weight is 477 g/mol. The fourth-order valence-corrected chi connectivity index (χ4v) is 2.80. The first-order valence-electron chi connectivity index (χ1n) is 8.86. The summed E-state index contributed by atoms with van der Waals surface area (Å²) in [5, 5.41) is 15.1. The van der Waals surface area contributed by atoms with Crippen LogP contribution in [0.25, 0.3) is 0 Å². The molecule has 0 amide bonds. The van der Waals surface area contributed by atoms with E-state index < -0.39 is 0 Å². The molecule has 9 heteroatoms. The van der Waals surface area contributed by atoms with Gasteiger partial charge in [-0.05, 0) is 19.8 Å². The number of hydrogen-bond acceptors (Lipinski definition) is 5. The highest BCUT2D eigenvalue weighted by molar-refractivity contribution is 14.0. The van der Waals surface area contributed by atoms with Crippen molar-refractivity contribution in [3.8, 4) is 0 Å². The molecule has 0 spiro atoms. The number of hydrogen-bond donors (Lipinski definition) is 2. The van der Waals surface area contributed by atoms with Crippen LogP contribution in [0.3, 0.4) is 0 Å². The number of halogens is 1. The molecule has 1 aliphatic rings. The van der Waals surface area contributed by atoms with Gasteiger partial charge in [0.05, 0.1) is 6.61 Å². The van der Waals surface area contributed by atoms with Crippen LogP contribution >= 0.6 is 24.0 Å². The normalized spacial score (nSPS) is 16.2. The standard InChI is InChI=1S/C17H31N7O.HI/c1-5-9-24-10-6-15(7-11-24)20-17(18-8-12-25-4)19-13-16-22-21-14(2)23(16)3;/h5,15H,1,6-13H2,2-4H3,(H2,18,19,20);1H. The number of piperidine rings is 1. The minimum absolute atomic E-state index is 0. The molecule has 1 aromatic heterocycles. The van der Waals surface area contributed by atoms with E-state index in [1.165, 1.54) is 0 Å². The number of likely N-dealkylation sites (tertiary alicyclic amines) is 1. The first-order valence-corrected chi connectivity index (χ1v) is 8.86. The number of aromatic nitrogens is 3. The monoisotopic (exact) mass is 477 g/mol. The SMILES string of the molecule is C=CCN1CCC(NC(=NCc2nnc(C)n2C)NCCOC)CC1.I. The highest BCUT2D eigenvalue weighted by atomic mass is 127. The molecule has 1 aliphatic heterocycles. The molecule has 0 atom stereocenters. The highest BCUT2D eigenvalue weighted by Crippen LogP contribution is 2.10. The van der Waals surface area contributed by atoms with Gasteiger partial charge in [-0.15, -0.1) is 40.8 Å². The molecule has 0 unspecified atom stereocenters. The molecular weight excluding hydrogens is 445 g/mol. The van der Waals surface area contributed by atoms with Crippen LogP contribution in [0, 0.1) is 6.92 Å². The second-order valence-corrected chi connectivity index (χ2v) is 6.31. The van der Waals surface area contributed by atoms with Crippen molar-refractivity contribution in [2.45, 2.75) is 32.4 Å².